The van der Waals surface area contributed by atoms with E-state index >= 15 is 0 Å². The van der Waals surface area contributed by atoms with Crippen LogP contribution in [-0.2, 0) is 5.41 Å². The van der Waals surface area contributed by atoms with Crippen LogP contribution in [0, 0.1) is 0 Å². The van der Waals surface area contributed by atoms with Gasteiger partial charge in [0.25, 0.3) is 0 Å². The lowest BCUT2D eigenvalue weighted by atomic mass is 9.67. The molecule has 2 heteroatoms. The van der Waals surface area contributed by atoms with Gasteiger partial charge in [0.1, 0.15) is 0 Å². The third-order valence-corrected chi connectivity index (χ3v) is 13.9. The zero-order valence-corrected chi connectivity index (χ0v) is 34.2. The smallest absolute Gasteiger partial charge is 0.0735 e. The summed E-state index contributed by atoms with van der Waals surface area (Å²) in [6, 6.07) is 87.1. The van der Waals surface area contributed by atoms with Crippen LogP contribution in [0.25, 0.3) is 55.3 Å². The Morgan fingerprint density at radius 3 is 1.43 bits per heavy atom. The van der Waals surface area contributed by atoms with Gasteiger partial charge in [0, 0.05) is 26.9 Å². The van der Waals surface area contributed by atoms with Gasteiger partial charge in [-0.3, -0.25) is 0 Å². The fourth-order valence-electron chi connectivity index (χ4n) is 9.97. The van der Waals surface area contributed by atoms with E-state index in [-0.39, 0.29) is 0 Å². The molecule has 1 aliphatic heterocycles. The summed E-state index contributed by atoms with van der Waals surface area (Å²) in [5.41, 5.74) is 18.2. The van der Waals surface area contributed by atoms with Crippen LogP contribution >= 0.6 is 11.8 Å². The van der Waals surface area contributed by atoms with Gasteiger partial charge in [-0.1, -0.05) is 194 Å². The lowest BCUT2D eigenvalue weighted by molar-refractivity contribution is 0.723. The molecule has 0 amide bonds. The summed E-state index contributed by atoms with van der Waals surface area (Å²) in [5, 5.41) is 2.58. The molecule has 0 radical (unpaired) electrons. The second-order valence-electron chi connectivity index (χ2n) is 16.0. The third-order valence-electron chi connectivity index (χ3n) is 12.8. The van der Waals surface area contributed by atoms with E-state index in [4.69, 9.17) is 0 Å². The second-order valence-corrected chi connectivity index (χ2v) is 17.1. The number of anilines is 3. The lowest BCUT2D eigenvalue weighted by Gasteiger charge is -2.40. The van der Waals surface area contributed by atoms with Gasteiger partial charge in [0.15, 0.2) is 0 Å². The molecule has 0 bridgehead atoms. The van der Waals surface area contributed by atoms with Crippen LogP contribution in [0.15, 0.2) is 246 Å². The molecular formula is C59H39NS. The fourth-order valence-corrected chi connectivity index (χ4v) is 11.1. The number of hydrogen-bond donors (Lipinski definition) is 0. The Morgan fingerprint density at radius 2 is 0.787 bits per heavy atom. The fraction of sp³-hybridized carbons (Fsp3) is 0.0169. The Hall–Kier alpha value is -7.39. The molecule has 10 aromatic carbocycles. The Morgan fingerprint density at radius 1 is 0.311 bits per heavy atom. The highest BCUT2D eigenvalue weighted by Crippen LogP contribution is 2.63. The summed E-state index contributed by atoms with van der Waals surface area (Å²) >= 11 is 1.89. The minimum absolute atomic E-state index is 0.447. The van der Waals surface area contributed by atoms with Crippen LogP contribution in [-0.4, -0.2) is 0 Å². The number of nitrogens with zero attached hydrogens (tertiary/aromatic N) is 1. The molecule has 61 heavy (non-hydrogen) atoms. The maximum absolute atomic E-state index is 2.48. The van der Waals surface area contributed by atoms with E-state index in [1.807, 2.05) is 11.8 Å². The average molecular weight is 794 g/mol. The van der Waals surface area contributed by atoms with E-state index in [1.165, 1.54) is 87.3 Å². The van der Waals surface area contributed by atoms with Gasteiger partial charge in [0.05, 0.1) is 5.41 Å². The van der Waals surface area contributed by atoms with Crippen LogP contribution in [0.1, 0.15) is 22.3 Å². The summed E-state index contributed by atoms with van der Waals surface area (Å²) < 4.78 is 0. The molecule has 0 saturated carbocycles. The van der Waals surface area contributed by atoms with Gasteiger partial charge in [-0.25, -0.2) is 0 Å². The molecule has 2 aliphatic rings. The normalized spacial score (nSPS) is 14.6. The van der Waals surface area contributed by atoms with Crippen LogP contribution in [0.2, 0.25) is 0 Å². The van der Waals surface area contributed by atoms with Crippen molar-refractivity contribution in [1.29, 1.82) is 0 Å². The lowest BCUT2D eigenvalue weighted by Crippen LogP contribution is -2.32. The van der Waals surface area contributed by atoms with Crippen molar-refractivity contribution in [3.8, 4) is 44.5 Å². The first-order valence-corrected chi connectivity index (χ1v) is 21.8. The van der Waals surface area contributed by atoms with Crippen LogP contribution < -0.4 is 4.90 Å². The molecule has 0 saturated heterocycles. The van der Waals surface area contributed by atoms with Gasteiger partial charge in [-0.05, 0) is 132 Å². The molecule has 10 aromatic rings. The van der Waals surface area contributed by atoms with Crippen molar-refractivity contribution >= 4 is 39.6 Å². The Balaban J connectivity index is 0.979. The molecule has 0 aromatic heterocycles. The second kappa shape index (κ2) is 14.4. The van der Waals surface area contributed by atoms with Gasteiger partial charge in [0.2, 0.25) is 0 Å². The van der Waals surface area contributed by atoms with Gasteiger partial charge in [-0.15, -0.1) is 0 Å². The van der Waals surface area contributed by atoms with Gasteiger partial charge >= 0.3 is 0 Å². The summed E-state index contributed by atoms with van der Waals surface area (Å²) in [6.07, 6.45) is 0. The zero-order chi connectivity index (χ0) is 40.3. The molecule has 0 N–H and O–H groups in total. The first-order chi connectivity index (χ1) is 30.2. The predicted molar refractivity (Wildman–Crippen MR) is 256 cm³/mol. The maximum Gasteiger partial charge on any atom is 0.0735 e. The van der Waals surface area contributed by atoms with Crippen molar-refractivity contribution in [1.82, 2.24) is 0 Å². The monoisotopic (exact) mass is 793 g/mol. The van der Waals surface area contributed by atoms with Crippen molar-refractivity contribution in [2.24, 2.45) is 0 Å². The molecule has 1 unspecified atom stereocenters. The SMILES string of the molecule is c1ccc(-c2ccc(N(c3ccc(-c4ccccc4)cc3)c3ccc(-c4ccc5c(c4)C4(c6ccccc6S5)c5ccccc5-c5c4ccc4ccccc54)cc3)cc2)cc1. The molecule has 1 nitrogen and oxygen atoms in total. The van der Waals surface area contributed by atoms with E-state index in [0.29, 0.717) is 0 Å². The molecule has 12 rings (SSSR count). The van der Waals surface area contributed by atoms with E-state index < -0.39 is 5.41 Å². The molecular weight excluding hydrogens is 755 g/mol. The van der Waals surface area contributed by atoms with Gasteiger partial charge < -0.3 is 4.90 Å². The summed E-state index contributed by atoms with van der Waals surface area (Å²) in [4.78, 5) is 4.98. The topological polar surface area (TPSA) is 3.24 Å². The number of benzene rings is 10. The average Bonchev–Trinajstić information content (AvgIpc) is 3.64. The van der Waals surface area contributed by atoms with Crippen molar-refractivity contribution < 1.29 is 0 Å². The first kappa shape index (κ1) is 35.5. The molecule has 1 spiro atoms. The van der Waals surface area contributed by atoms with Gasteiger partial charge in [-0.2, -0.15) is 0 Å². The minimum Gasteiger partial charge on any atom is -0.311 e. The largest absolute Gasteiger partial charge is 0.311 e. The van der Waals surface area contributed by atoms with Crippen LogP contribution in [0.3, 0.4) is 0 Å². The minimum atomic E-state index is -0.447. The Bertz CT molecular complexity index is 3160. The highest BCUT2D eigenvalue weighted by molar-refractivity contribution is 7.99. The van der Waals surface area contributed by atoms with Crippen molar-refractivity contribution in [3.05, 3.63) is 259 Å². The first-order valence-electron chi connectivity index (χ1n) is 21.0. The predicted octanol–water partition coefficient (Wildman–Crippen LogP) is 16.1. The Labute approximate surface area is 361 Å². The molecule has 0 fully saturated rings. The van der Waals surface area contributed by atoms with Crippen LogP contribution in [0.4, 0.5) is 17.1 Å². The van der Waals surface area contributed by atoms with E-state index in [9.17, 15) is 0 Å². The molecule has 286 valence electrons. The Kier molecular flexibility index (Phi) is 8.40. The van der Waals surface area contributed by atoms with Crippen molar-refractivity contribution in [2.75, 3.05) is 4.90 Å². The number of rotatable bonds is 6. The van der Waals surface area contributed by atoms with E-state index in [2.05, 4.69) is 241 Å². The van der Waals surface area contributed by atoms with E-state index in [0.717, 1.165) is 17.1 Å². The maximum atomic E-state index is 2.48. The number of hydrogen-bond acceptors (Lipinski definition) is 2. The quantitative estimate of drug-likeness (QED) is 0.165. The summed E-state index contributed by atoms with van der Waals surface area (Å²) in [7, 11) is 0. The number of fused-ring (bicyclic) bond motifs is 11. The molecule has 1 aliphatic carbocycles. The summed E-state index contributed by atoms with van der Waals surface area (Å²) in [5.74, 6) is 0. The van der Waals surface area contributed by atoms with E-state index in [1.54, 1.807) is 0 Å². The summed E-state index contributed by atoms with van der Waals surface area (Å²) in [6.45, 7) is 0. The van der Waals surface area contributed by atoms with Crippen molar-refractivity contribution in [2.45, 2.75) is 15.2 Å². The highest BCUT2D eigenvalue weighted by atomic mass is 32.2. The van der Waals surface area contributed by atoms with Crippen molar-refractivity contribution in [3.63, 3.8) is 0 Å². The zero-order valence-electron chi connectivity index (χ0n) is 33.4. The molecule has 1 atom stereocenters. The van der Waals surface area contributed by atoms with Crippen LogP contribution in [0.5, 0.6) is 0 Å². The molecule has 1 heterocycles. The highest BCUT2D eigenvalue weighted by Gasteiger charge is 2.50. The standard InChI is InChI=1S/C59H39NS/c1-3-13-40(14-4-1)42-23-31-47(32-24-42)60(48-33-25-43(26-34-48)41-15-5-2-6-16-41)49-35-27-44(28-36-49)46-30-38-57-55(39-46)59(53-21-11-12-22-56(53)61-57)52-20-10-9-19-51(52)58-50-18-8-7-17-45(50)29-37-54(58)59/h1-39H. The third kappa shape index (κ3) is 5.71.